The van der Waals surface area contributed by atoms with Gasteiger partial charge in [-0.3, -0.25) is 19.9 Å². The van der Waals surface area contributed by atoms with E-state index >= 15 is 0 Å². The SMILES string of the molecule is CCOc1ccc(C2C(C(=O)Nc3cccnc3)=C(C)Nc3nc(-c4cccc([N+](=O)[O-])c4)nn32)cc1. The van der Waals surface area contributed by atoms with Crippen LogP contribution in [0, 0.1) is 10.1 Å². The average molecular weight is 498 g/mol. The fraction of sp³-hybridized carbons (Fsp3) is 0.154. The molecule has 0 radical (unpaired) electrons. The highest BCUT2D eigenvalue weighted by Gasteiger charge is 2.34. The molecule has 0 spiro atoms. The van der Waals surface area contributed by atoms with Crippen molar-refractivity contribution in [2.24, 2.45) is 0 Å². The summed E-state index contributed by atoms with van der Waals surface area (Å²) in [6.45, 7) is 4.24. The summed E-state index contributed by atoms with van der Waals surface area (Å²) in [5.74, 6) is 1.09. The van der Waals surface area contributed by atoms with Crippen LogP contribution >= 0.6 is 0 Å². The van der Waals surface area contributed by atoms with Crippen molar-refractivity contribution in [3.8, 4) is 17.1 Å². The van der Waals surface area contributed by atoms with Gasteiger partial charge in [-0.15, -0.1) is 5.10 Å². The molecule has 1 unspecified atom stereocenters. The Balaban J connectivity index is 1.59. The molecule has 2 aromatic carbocycles. The number of aromatic nitrogens is 4. The zero-order valence-corrected chi connectivity index (χ0v) is 20.1. The van der Waals surface area contributed by atoms with E-state index in [1.54, 1.807) is 48.3 Å². The van der Waals surface area contributed by atoms with Crippen molar-refractivity contribution in [3.63, 3.8) is 0 Å². The van der Waals surface area contributed by atoms with E-state index in [1.807, 2.05) is 31.2 Å². The van der Waals surface area contributed by atoms with Gasteiger partial charge in [-0.1, -0.05) is 24.3 Å². The number of nitrogens with one attached hydrogen (secondary N) is 2. The molecule has 3 heterocycles. The van der Waals surface area contributed by atoms with Crippen LogP contribution in [0.15, 0.2) is 84.3 Å². The van der Waals surface area contributed by atoms with Gasteiger partial charge >= 0.3 is 0 Å². The Bertz CT molecular complexity index is 1500. The van der Waals surface area contributed by atoms with Crippen LogP contribution in [0.3, 0.4) is 0 Å². The van der Waals surface area contributed by atoms with Crippen molar-refractivity contribution >= 4 is 23.2 Å². The molecule has 0 fully saturated rings. The Morgan fingerprint density at radius 1 is 1.19 bits per heavy atom. The van der Waals surface area contributed by atoms with Crippen molar-refractivity contribution in [2.75, 3.05) is 17.2 Å². The largest absolute Gasteiger partial charge is 0.494 e. The van der Waals surface area contributed by atoms with Crippen molar-refractivity contribution in [3.05, 3.63) is 100 Å². The highest BCUT2D eigenvalue weighted by molar-refractivity contribution is 6.05. The van der Waals surface area contributed by atoms with Crippen LogP contribution in [0.2, 0.25) is 0 Å². The van der Waals surface area contributed by atoms with E-state index in [-0.39, 0.29) is 11.6 Å². The molecule has 2 aromatic heterocycles. The number of anilines is 2. The lowest BCUT2D eigenvalue weighted by atomic mass is 9.95. The first-order valence-electron chi connectivity index (χ1n) is 11.6. The Morgan fingerprint density at radius 2 is 2.00 bits per heavy atom. The number of allylic oxidation sites excluding steroid dienone is 1. The number of rotatable bonds is 7. The highest BCUT2D eigenvalue weighted by atomic mass is 16.6. The van der Waals surface area contributed by atoms with E-state index in [0.29, 0.717) is 46.7 Å². The number of carbonyl (C=O) groups is 1. The van der Waals surface area contributed by atoms with Gasteiger partial charge in [-0.25, -0.2) is 4.68 Å². The summed E-state index contributed by atoms with van der Waals surface area (Å²) in [5.41, 5.74) is 2.81. The number of pyridine rings is 1. The Labute approximate surface area is 212 Å². The molecule has 1 aliphatic rings. The number of benzene rings is 2. The zero-order valence-electron chi connectivity index (χ0n) is 20.1. The van der Waals surface area contributed by atoms with Crippen LogP contribution in [0.1, 0.15) is 25.5 Å². The summed E-state index contributed by atoms with van der Waals surface area (Å²) in [6, 6.07) is 16.4. The van der Waals surface area contributed by atoms with E-state index in [1.165, 1.54) is 12.1 Å². The lowest BCUT2D eigenvalue weighted by Crippen LogP contribution is -2.31. The molecule has 2 N–H and O–H groups in total. The number of non-ortho nitro benzene ring substituents is 1. The fourth-order valence-electron chi connectivity index (χ4n) is 4.18. The van der Waals surface area contributed by atoms with Gasteiger partial charge in [0.15, 0.2) is 5.82 Å². The number of nitrogens with zero attached hydrogens (tertiary/aromatic N) is 5. The standard InChI is InChI=1S/C26H23N7O4/c1-3-37-21-11-9-17(10-12-21)23-22(25(34)29-19-7-5-13-27-15-19)16(2)28-26-30-24(31-32(23)26)18-6-4-8-20(14-18)33(35)36/h4-15,23H,3H2,1-2H3,(H,29,34)(H,28,30,31). The van der Waals surface area contributed by atoms with E-state index in [9.17, 15) is 14.9 Å². The molecule has 0 saturated carbocycles. The molecular weight excluding hydrogens is 474 g/mol. The molecule has 0 saturated heterocycles. The fourth-order valence-corrected chi connectivity index (χ4v) is 4.18. The summed E-state index contributed by atoms with van der Waals surface area (Å²) < 4.78 is 7.20. The van der Waals surface area contributed by atoms with Gasteiger partial charge in [-0.05, 0) is 43.7 Å². The monoisotopic (exact) mass is 497 g/mol. The summed E-state index contributed by atoms with van der Waals surface area (Å²) >= 11 is 0. The molecule has 0 bridgehead atoms. The molecule has 0 aliphatic carbocycles. The molecule has 37 heavy (non-hydrogen) atoms. The van der Waals surface area contributed by atoms with Gasteiger partial charge in [0.05, 0.1) is 29.0 Å². The Kier molecular flexibility index (Phi) is 6.33. The number of ether oxygens (including phenoxy) is 1. The molecule has 11 heteroatoms. The maximum atomic E-state index is 13.5. The van der Waals surface area contributed by atoms with Gasteiger partial charge < -0.3 is 15.4 Å². The topological polar surface area (TPSA) is 137 Å². The first-order valence-corrected chi connectivity index (χ1v) is 11.6. The number of amides is 1. The Morgan fingerprint density at radius 3 is 2.70 bits per heavy atom. The molecule has 11 nitrogen and oxygen atoms in total. The predicted octanol–water partition coefficient (Wildman–Crippen LogP) is 4.57. The van der Waals surface area contributed by atoms with E-state index in [0.717, 1.165) is 5.56 Å². The predicted molar refractivity (Wildman–Crippen MR) is 137 cm³/mol. The number of fused-ring (bicyclic) bond motifs is 1. The number of nitro benzene ring substituents is 1. The second kappa shape index (κ2) is 9.90. The molecule has 5 rings (SSSR count). The number of hydrogen-bond acceptors (Lipinski definition) is 8. The quantitative estimate of drug-likeness (QED) is 0.280. The van der Waals surface area contributed by atoms with E-state index < -0.39 is 11.0 Å². The van der Waals surface area contributed by atoms with Crippen LogP contribution in [-0.4, -0.2) is 37.2 Å². The second-order valence-corrected chi connectivity index (χ2v) is 8.28. The molecule has 1 aliphatic heterocycles. The Hall–Kier alpha value is -5.06. The van der Waals surface area contributed by atoms with Crippen LogP contribution in [0.25, 0.3) is 11.4 Å². The van der Waals surface area contributed by atoms with Gasteiger partial charge in [0.1, 0.15) is 11.8 Å². The molecular formula is C26H23N7O4. The number of hydrogen-bond donors (Lipinski definition) is 2. The first kappa shape index (κ1) is 23.7. The van der Waals surface area contributed by atoms with Gasteiger partial charge in [0, 0.05) is 29.6 Å². The first-order chi connectivity index (χ1) is 17.9. The van der Waals surface area contributed by atoms with Gasteiger partial charge in [-0.2, -0.15) is 4.98 Å². The molecule has 186 valence electrons. The zero-order chi connectivity index (χ0) is 25.9. The van der Waals surface area contributed by atoms with Crippen LogP contribution < -0.4 is 15.4 Å². The van der Waals surface area contributed by atoms with E-state index in [2.05, 4.69) is 25.7 Å². The minimum Gasteiger partial charge on any atom is -0.494 e. The summed E-state index contributed by atoms with van der Waals surface area (Å²) in [7, 11) is 0. The number of carbonyl (C=O) groups excluding carboxylic acids is 1. The van der Waals surface area contributed by atoms with Crippen molar-refractivity contribution < 1.29 is 14.5 Å². The third-order valence-electron chi connectivity index (χ3n) is 5.84. The van der Waals surface area contributed by atoms with Crippen LogP contribution in [-0.2, 0) is 4.79 Å². The van der Waals surface area contributed by atoms with Crippen molar-refractivity contribution in [1.29, 1.82) is 0 Å². The lowest BCUT2D eigenvalue weighted by Gasteiger charge is -2.28. The van der Waals surface area contributed by atoms with Crippen molar-refractivity contribution in [1.82, 2.24) is 19.7 Å². The third-order valence-corrected chi connectivity index (χ3v) is 5.84. The summed E-state index contributed by atoms with van der Waals surface area (Å²) in [6.07, 6.45) is 3.19. The molecule has 1 amide bonds. The normalized spacial score (nSPS) is 14.5. The summed E-state index contributed by atoms with van der Waals surface area (Å²) in [5, 5.41) is 22.0. The minimum atomic E-state index is -0.622. The summed E-state index contributed by atoms with van der Waals surface area (Å²) in [4.78, 5) is 33.0. The van der Waals surface area contributed by atoms with E-state index in [4.69, 9.17) is 4.74 Å². The smallest absolute Gasteiger partial charge is 0.270 e. The molecule has 1 atom stereocenters. The van der Waals surface area contributed by atoms with Crippen LogP contribution in [0.5, 0.6) is 5.75 Å². The maximum absolute atomic E-state index is 13.5. The van der Waals surface area contributed by atoms with Gasteiger partial charge in [0.2, 0.25) is 5.95 Å². The van der Waals surface area contributed by atoms with Crippen molar-refractivity contribution in [2.45, 2.75) is 19.9 Å². The lowest BCUT2D eigenvalue weighted by molar-refractivity contribution is -0.384. The second-order valence-electron chi connectivity index (χ2n) is 8.28. The average Bonchev–Trinajstić information content (AvgIpc) is 3.33. The highest BCUT2D eigenvalue weighted by Crippen LogP contribution is 2.37. The van der Waals surface area contributed by atoms with Crippen LogP contribution in [0.4, 0.5) is 17.3 Å². The molecule has 4 aromatic rings. The van der Waals surface area contributed by atoms with Gasteiger partial charge in [0.25, 0.3) is 11.6 Å². The minimum absolute atomic E-state index is 0.0628. The third kappa shape index (κ3) is 4.74. The maximum Gasteiger partial charge on any atom is 0.270 e. The number of nitro groups is 1.